The van der Waals surface area contributed by atoms with Crippen molar-refractivity contribution in [1.82, 2.24) is 15.0 Å². The average molecular weight is 419 g/mol. The van der Waals surface area contributed by atoms with Crippen molar-refractivity contribution in [2.75, 3.05) is 57.3 Å². The lowest BCUT2D eigenvalue weighted by atomic mass is 10.2. The summed E-state index contributed by atoms with van der Waals surface area (Å²) in [6.07, 6.45) is 1.64. The van der Waals surface area contributed by atoms with Crippen LogP contribution in [0.3, 0.4) is 0 Å². The zero-order valence-corrected chi connectivity index (χ0v) is 17.9. The molecule has 0 atom stereocenters. The van der Waals surface area contributed by atoms with Gasteiger partial charge in [0.25, 0.3) is 0 Å². The highest BCUT2D eigenvalue weighted by atomic mass is 16.5. The van der Waals surface area contributed by atoms with Crippen molar-refractivity contribution in [2.24, 2.45) is 0 Å². The zero-order valence-electron chi connectivity index (χ0n) is 17.9. The number of nitrogens with one attached hydrogen (secondary N) is 1. The molecule has 0 radical (unpaired) electrons. The van der Waals surface area contributed by atoms with Crippen molar-refractivity contribution < 1.29 is 14.2 Å². The molecule has 31 heavy (non-hydrogen) atoms. The van der Waals surface area contributed by atoms with E-state index in [0.717, 1.165) is 59.7 Å². The third kappa shape index (κ3) is 3.34. The molecule has 0 bridgehead atoms. The van der Waals surface area contributed by atoms with Gasteiger partial charge in [-0.25, -0.2) is 9.97 Å². The Balaban J connectivity index is 1.45. The first-order chi connectivity index (χ1) is 15.2. The number of fused-ring (bicyclic) bond motifs is 3. The van der Waals surface area contributed by atoms with Crippen molar-refractivity contribution in [3.63, 3.8) is 0 Å². The minimum absolute atomic E-state index is 0.683. The third-order valence-electron chi connectivity index (χ3n) is 5.86. The normalized spacial score (nSPS) is 14.3. The Bertz CT molecular complexity index is 1230. The van der Waals surface area contributed by atoms with E-state index in [1.807, 2.05) is 24.3 Å². The average Bonchev–Trinajstić information content (AvgIpc) is 3.20. The molecule has 0 spiro atoms. The molecule has 0 unspecified atom stereocenters. The van der Waals surface area contributed by atoms with E-state index in [-0.39, 0.29) is 0 Å². The molecule has 5 rings (SSSR count). The first-order valence-corrected chi connectivity index (χ1v) is 10.2. The van der Waals surface area contributed by atoms with Crippen molar-refractivity contribution in [3.8, 4) is 17.2 Å². The number of benzene rings is 2. The van der Waals surface area contributed by atoms with Crippen LogP contribution >= 0.6 is 0 Å². The number of hydrogen-bond acceptors (Lipinski definition) is 7. The monoisotopic (exact) mass is 419 g/mol. The molecule has 8 nitrogen and oxygen atoms in total. The molecule has 2 aromatic carbocycles. The van der Waals surface area contributed by atoms with Crippen LogP contribution < -0.4 is 24.0 Å². The van der Waals surface area contributed by atoms with Gasteiger partial charge < -0.3 is 29.0 Å². The number of aromatic amines is 1. The second-order valence-corrected chi connectivity index (χ2v) is 7.47. The number of nitrogens with zero attached hydrogens (tertiary/aromatic N) is 4. The molecule has 0 amide bonds. The van der Waals surface area contributed by atoms with Crippen LogP contribution in [-0.4, -0.2) is 62.5 Å². The van der Waals surface area contributed by atoms with Crippen LogP contribution in [0.1, 0.15) is 0 Å². The van der Waals surface area contributed by atoms with E-state index in [1.54, 1.807) is 27.7 Å². The molecule has 0 aliphatic carbocycles. The highest BCUT2D eigenvalue weighted by molar-refractivity contribution is 6.09. The largest absolute Gasteiger partial charge is 0.497 e. The maximum atomic E-state index is 5.47. The van der Waals surface area contributed by atoms with Crippen LogP contribution in [0.25, 0.3) is 21.9 Å². The first-order valence-electron chi connectivity index (χ1n) is 10.2. The number of anilines is 2. The van der Waals surface area contributed by atoms with Gasteiger partial charge in [0.05, 0.1) is 26.8 Å². The third-order valence-corrected chi connectivity index (χ3v) is 5.86. The Morgan fingerprint density at radius 2 is 1.58 bits per heavy atom. The van der Waals surface area contributed by atoms with E-state index in [0.29, 0.717) is 11.5 Å². The van der Waals surface area contributed by atoms with E-state index >= 15 is 0 Å². The summed E-state index contributed by atoms with van der Waals surface area (Å²) in [5.74, 6) is 3.16. The van der Waals surface area contributed by atoms with Gasteiger partial charge in [-0.2, -0.15) is 0 Å². The van der Waals surface area contributed by atoms with Gasteiger partial charge in [-0.05, 0) is 18.2 Å². The maximum Gasteiger partial charge on any atom is 0.162 e. The molecule has 4 aromatic rings. The number of H-pyrrole nitrogens is 1. The van der Waals surface area contributed by atoms with Gasteiger partial charge in [0.1, 0.15) is 23.1 Å². The molecule has 0 saturated carbocycles. The van der Waals surface area contributed by atoms with Crippen LogP contribution in [0.5, 0.6) is 17.2 Å². The van der Waals surface area contributed by atoms with E-state index in [1.165, 1.54) is 5.69 Å². The van der Waals surface area contributed by atoms with Gasteiger partial charge in [-0.1, -0.05) is 6.07 Å². The molecule has 1 fully saturated rings. The minimum atomic E-state index is 0.683. The van der Waals surface area contributed by atoms with Gasteiger partial charge in [-0.3, -0.25) is 0 Å². The summed E-state index contributed by atoms with van der Waals surface area (Å²) in [6, 6.07) is 12.1. The van der Waals surface area contributed by atoms with E-state index in [9.17, 15) is 0 Å². The highest BCUT2D eigenvalue weighted by Crippen LogP contribution is 2.37. The fourth-order valence-electron chi connectivity index (χ4n) is 4.23. The molecule has 160 valence electrons. The van der Waals surface area contributed by atoms with Crippen molar-refractivity contribution in [2.45, 2.75) is 0 Å². The van der Waals surface area contributed by atoms with Gasteiger partial charge in [0.15, 0.2) is 17.3 Å². The SMILES string of the molecule is COc1cccc(N2CCN(c3ncnc4c3[nH]c3cc(OC)c(OC)cc34)CC2)c1. The molecule has 1 aliphatic heterocycles. The standard InChI is InChI=1S/C23H25N5O3/c1-29-16-6-4-5-15(11-16)27-7-9-28(10-8-27)23-22-21(24-14-25-23)17-12-19(30-2)20(31-3)13-18(17)26-22/h4-6,11-14,26H,7-10H2,1-3H3. The number of aromatic nitrogens is 3. The predicted molar refractivity (Wildman–Crippen MR) is 122 cm³/mol. The molecule has 3 heterocycles. The van der Waals surface area contributed by atoms with E-state index in [2.05, 4.69) is 36.9 Å². The second-order valence-electron chi connectivity index (χ2n) is 7.47. The van der Waals surface area contributed by atoms with Gasteiger partial charge in [0.2, 0.25) is 0 Å². The number of ether oxygens (including phenoxy) is 3. The number of hydrogen-bond donors (Lipinski definition) is 1. The first kappa shape index (κ1) is 19.3. The summed E-state index contributed by atoms with van der Waals surface area (Å²) < 4.78 is 16.3. The quantitative estimate of drug-likeness (QED) is 0.531. The fourth-order valence-corrected chi connectivity index (χ4v) is 4.23. The minimum Gasteiger partial charge on any atom is -0.497 e. The van der Waals surface area contributed by atoms with Crippen molar-refractivity contribution in [1.29, 1.82) is 0 Å². The fraction of sp³-hybridized carbons (Fsp3) is 0.304. The number of methoxy groups -OCH3 is 3. The maximum absolute atomic E-state index is 5.47. The van der Waals surface area contributed by atoms with E-state index in [4.69, 9.17) is 14.2 Å². The highest BCUT2D eigenvalue weighted by Gasteiger charge is 2.22. The van der Waals surface area contributed by atoms with Gasteiger partial charge in [0, 0.05) is 49.4 Å². The van der Waals surface area contributed by atoms with Crippen LogP contribution in [-0.2, 0) is 0 Å². The summed E-state index contributed by atoms with van der Waals surface area (Å²) in [5, 5.41) is 0.992. The number of piperazine rings is 1. The van der Waals surface area contributed by atoms with Crippen LogP contribution in [0.4, 0.5) is 11.5 Å². The Hall–Kier alpha value is -3.68. The van der Waals surface area contributed by atoms with Crippen molar-refractivity contribution >= 4 is 33.4 Å². The van der Waals surface area contributed by atoms with E-state index < -0.39 is 0 Å². The Morgan fingerprint density at radius 3 is 2.32 bits per heavy atom. The van der Waals surface area contributed by atoms with Crippen LogP contribution in [0.15, 0.2) is 42.7 Å². The summed E-state index contributed by atoms with van der Waals surface area (Å²) in [5.41, 5.74) is 3.94. The Kier molecular flexibility index (Phi) is 4.89. The molecule has 1 N–H and O–H groups in total. The molecule has 2 aromatic heterocycles. The van der Waals surface area contributed by atoms with Crippen LogP contribution in [0.2, 0.25) is 0 Å². The van der Waals surface area contributed by atoms with Gasteiger partial charge in [-0.15, -0.1) is 0 Å². The summed E-state index contributed by atoms with van der Waals surface area (Å²) in [6.45, 7) is 3.54. The molecule has 8 heteroatoms. The zero-order chi connectivity index (χ0) is 21.4. The van der Waals surface area contributed by atoms with Crippen molar-refractivity contribution in [3.05, 3.63) is 42.7 Å². The lowest BCUT2D eigenvalue weighted by molar-refractivity contribution is 0.356. The summed E-state index contributed by atoms with van der Waals surface area (Å²) >= 11 is 0. The second kappa shape index (κ2) is 7.86. The van der Waals surface area contributed by atoms with Crippen LogP contribution in [0, 0.1) is 0 Å². The summed E-state index contributed by atoms with van der Waals surface area (Å²) in [7, 11) is 4.98. The Labute approximate surface area is 180 Å². The lowest BCUT2D eigenvalue weighted by Gasteiger charge is -2.36. The molecule has 1 saturated heterocycles. The molecular formula is C23H25N5O3. The topological polar surface area (TPSA) is 75.7 Å². The van der Waals surface area contributed by atoms with Gasteiger partial charge >= 0.3 is 0 Å². The summed E-state index contributed by atoms with van der Waals surface area (Å²) in [4.78, 5) is 17.3. The molecule has 1 aliphatic rings. The predicted octanol–water partition coefficient (Wildman–Crippen LogP) is 3.46. The lowest BCUT2D eigenvalue weighted by Crippen LogP contribution is -2.47. The smallest absolute Gasteiger partial charge is 0.162 e. The Morgan fingerprint density at radius 1 is 0.839 bits per heavy atom. The number of rotatable bonds is 5. The molecular weight excluding hydrogens is 394 g/mol.